The van der Waals surface area contributed by atoms with Crippen LogP contribution in [0.5, 0.6) is 5.75 Å². The predicted molar refractivity (Wildman–Crippen MR) is 112 cm³/mol. The monoisotopic (exact) mass is 376 g/mol. The molecule has 0 radical (unpaired) electrons. The Morgan fingerprint density at radius 2 is 1.86 bits per heavy atom. The summed E-state index contributed by atoms with van der Waals surface area (Å²) < 4.78 is 7.73. The number of benzene rings is 2. The third-order valence-corrected chi connectivity index (χ3v) is 4.82. The minimum absolute atomic E-state index is 0.107. The molecule has 4 rings (SSSR count). The van der Waals surface area contributed by atoms with Crippen LogP contribution in [0.25, 0.3) is 16.6 Å². The first kappa shape index (κ1) is 18.1. The highest BCUT2D eigenvalue weighted by molar-refractivity contribution is 6.30. The molecular weight excluding hydrogens is 352 g/mol. The van der Waals surface area contributed by atoms with Crippen LogP contribution in [0.4, 0.5) is 5.69 Å². The highest BCUT2D eigenvalue weighted by Crippen LogP contribution is 2.33. The van der Waals surface area contributed by atoms with E-state index in [1.165, 1.54) is 0 Å². The van der Waals surface area contributed by atoms with E-state index in [1.807, 2.05) is 73.9 Å². The van der Waals surface area contributed by atoms with Crippen molar-refractivity contribution in [3.63, 3.8) is 0 Å². The summed E-state index contributed by atoms with van der Waals surface area (Å²) in [6.07, 6.45) is 0.107. The van der Waals surface area contributed by atoms with E-state index in [1.54, 1.807) is 4.90 Å². The standard InChI is InChI=1S/C22H24N4O2/c1-4-25-18-8-6-5-7-17(18)24-22(25)20-19(27)13-26(21(20)23)15-9-11-16(12-10-15)28-14(2)3/h5-12,14,23,27H,4,13H2,1-3H3. The Hall–Kier alpha value is -3.28. The highest BCUT2D eigenvalue weighted by atomic mass is 16.5. The summed E-state index contributed by atoms with van der Waals surface area (Å²) in [7, 11) is 0. The lowest BCUT2D eigenvalue weighted by atomic mass is 10.2. The number of aryl methyl sites for hydroxylation is 1. The minimum atomic E-state index is 0.107. The number of fused-ring (bicyclic) bond motifs is 1. The number of anilines is 1. The van der Waals surface area contributed by atoms with Crippen molar-refractivity contribution in [2.45, 2.75) is 33.4 Å². The first-order valence-corrected chi connectivity index (χ1v) is 9.50. The Balaban J connectivity index is 1.68. The Bertz CT molecular complexity index is 1060. The van der Waals surface area contributed by atoms with Gasteiger partial charge in [0.25, 0.3) is 0 Å². The number of aliphatic hydroxyl groups is 1. The molecule has 0 bridgehead atoms. The van der Waals surface area contributed by atoms with Gasteiger partial charge in [0.15, 0.2) is 0 Å². The highest BCUT2D eigenvalue weighted by Gasteiger charge is 2.32. The first-order chi connectivity index (χ1) is 13.5. The number of para-hydroxylation sites is 2. The maximum absolute atomic E-state index is 10.7. The Kier molecular flexibility index (Phi) is 4.55. The minimum Gasteiger partial charge on any atom is -0.509 e. The summed E-state index contributed by atoms with van der Waals surface area (Å²) in [5.74, 6) is 1.83. The summed E-state index contributed by atoms with van der Waals surface area (Å²) in [6, 6.07) is 15.5. The summed E-state index contributed by atoms with van der Waals surface area (Å²) in [5, 5.41) is 19.4. The first-order valence-electron chi connectivity index (χ1n) is 9.50. The molecular formula is C22H24N4O2. The second-order valence-electron chi connectivity index (χ2n) is 7.09. The fraction of sp³-hybridized carbons (Fsp3) is 0.273. The van der Waals surface area contributed by atoms with E-state index < -0.39 is 0 Å². The lowest BCUT2D eigenvalue weighted by molar-refractivity contribution is 0.242. The lowest BCUT2D eigenvalue weighted by Crippen LogP contribution is -2.26. The molecule has 1 aliphatic rings. The zero-order chi connectivity index (χ0) is 19.8. The molecule has 1 aliphatic heterocycles. The smallest absolute Gasteiger partial charge is 0.148 e. The number of imidazole rings is 1. The number of amidine groups is 1. The molecule has 144 valence electrons. The molecule has 0 amide bonds. The molecule has 0 atom stereocenters. The van der Waals surface area contributed by atoms with Crippen LogP contribution in [0.15, 0.2) is 54.3 Å². The second kappa shape index (κ2) is 7.03. The number of aromatic nitrogens is 2. The molecule has 0 unspecified atom stereocenters. The second-order valence-corrected chi connectivity index (χ2v) is 7.09. The van der Waals surface area contributed by atoms with Gasteiger partial charge >= 0.3 is 0 Å². The van der Waals surface area contributed by atoms with E-state index in [0.29, 0.717) is 17.9 Å². The van der Waals surface area contributed by atoms with E-state index in [2.05, 4.69) is 0 Å². The molecule has 28 heavy (non-hydrogen) atoms. The topological polar surface area (TPSA) is 74.4 Å². The third-order valence-electron chi connectivity index (χ3n) is 4.82. The van der Waals surface area contributed by atoms with Crippen molar-refractivity contribution in [3.05, 3.63) is 60.1 Å². The molecule has 0 fully saturated rings. The average Bonchev–Trinajstić information content (AvgIpc) is 3.18. The molecule has 6 nitrogen and oxygen atoms in total. The van der Waals surface area contributed by atoms with Crippen LogP contribution >= 0.6 is 0 Å². The SMILES string of the molecule is CCn1c(C2=C(O)CN(c3ccc(OC(C)C)cc3)C2=N)nc2ccccc21. The zero-order valence-corrected chi connectivity index (χ0v) is 16.3. The summed E-state index contributed by atoms with van der Waals surface area (Å²) in [6.45, 7) is 6.97. The van der Waals surface area contributed by atoms with Crippen molar-refractivity contribution in [3.8, 4) is 5.75 Å². The number of aliphatic hydroxyl groups excluding tert-OH is 1. The predicted octanol–water partition coefficient (Wildman–Crippen LogP) is 4.61. The van der Waals surface area contributed by atoms with Gasteiger partial charge in [-0.1, -0.05) is 12.1 Å². The van der Waals surface area contributed by atoms with Crippen molar-refractivity contribution in [2.24, 2.45) is 0 Å². The fourth-order valence-electron chi connectivity index (χ4n) is 3.60. The molecule has 0 spiro atoms. The maximum atomic E-state index is 10.7. The van der Waals surface area contributed by atoms with Gasteiger partial charge in [-0.2, -0.15) is 0 Å². The van der Waals surface area contributed by atoms with Crippen LogP contribution in [0.3, 0.4) is 0 Å². The fourth-order valence-corrected chi connectivity index (χ4v) is 3.60. The maximum Gasteiger partial charge on any atom is 0.148 e. The van der Waals surface area contributed by atoms with Gasteiger partial charge in [0, 0.05) is 12.2 Å². The van der Waals surface area contributed by atoms with Crippen LogP contribution in [-0.4, -0.2) is 33.1 Å². The van der Waals surface area contributed by atoms with Crippen molar-refractivity contribution in [1.82, 2.24) is 9.55 Å². The molecule has 2 aromatic carbocycles. The molecule has 0 saturated heterocycles. The molecule has 2 N–H and O–H groups in total. The van der Waals surface area contributed by atoms with Gasteiger partial charge in [-0.05, 0) is 57.2 Å². The largest absolute Gasteiger partial charge is 0.509 e. The summed E-state index contributed by atoms with van der Waals surface area (Å²) in [5.41, 5.74) is 3.19. The number of hydrogen-bond donors (Lipinski definition) is 2. The van der Waals surface area contributed by atoms with E-state index in [-0.39, 0.29) is 24.2 Å². The molecule has 6 heteroatoms. The quantitative estimate of drug-likeness (QED) is 0.682. The number of rotatable bonds is 5. The Morgan fingerprint density at radius 1 is 1.14 bits per heavy atom. The van der Waals surface area contributed by atoms with E-state index in [4.69, 9.17) is 15.1 Å². The zero-order valence-electron chi connectivity index (χ0n) is 16.3. The van der Waals surface area contributed by atoms with Crippen LogP contribution in [0.1, 0.15) is 26.6 Å². The van der Waals surface area contributed by atoms with Gasteiger partial charge in [0.1, 0.15) is 23.2 Å². The number of nitrogens with zero attached hydrogens (tertiary/aromatic N) is 3. The lowest BCUT2D eigenvalue weighted by Gasteiger charge is -2.19. The van der Waals surface area contributed by atoms with Gasteiger partial charge in [0.2, 0.25) is 0 Å². The Labute approximate surface area is 164 Å². The molecule has 2 heterocycles. The van der Waals surface area contributed by atoms with Gasteiger partial charge in [-0.3, -0.25) is 5.41 Å². The van der Waals surface area contributed by atoms with Crippen molar-refractivity contribution in [1.29, 1.82) is 5.41 Å². The summed E-state index contributed by atoms with van der Waals surface area (Å²) in [4.78, 5) is 6.48. The average molecular weight is 376 g/mol. The van der Waals surface area contributed by atoms with Crippen LogP contribution < -0.4 is 9.64 Å². The number of hydrogen-bond acceptors (Lipinski definition) is 4. The van der Waals surface area contributed by atoms with Crippen LogP contribution in [-0.2, 0) is 6.54 Å². The van der Waals surface area contributed by atoms with Gasteiger partial charge in [-0.15, -0.1) is 0 Å². The van der Waals surface area contributed by atoms with Gasteiger partial charge in [-0.25, -0.2) is 4.98 Å². The van der Waals surface area contributed by atoms with E-state index in [0.717, 1.165) is 22.5 Å². The van der Waals surface area contributed by atoms with E-state index >= 15 is 0 Å². The molecule has 0 saturated carbocycles. The van der Waals surface area contributed by atoms with Gasteiger partial charge in [0.05, 0.1) is 29.3 Å². The van der Waals surface area contributed by atoms with Crippen molar-refractivity contribution >= 4 is 28.1 Å². The van der Waals surface area contributed by atoms with Crippen molar-refractivity contribution in [2.75, 3.05) is 11.4 Å². The van der Waals surface area contributed by atoms with Gasteiger partial charge < -0.3 is 19.3 Å². The molecule has 1 aromatic heterocycles. The normalized spacial score (nSPS) is 14.6. The summed E-state index contributed by atoms with van der Waals surface area (Å²) >= 11 is 0. The number of ether oxygens (including phenoxy) is 1. The van der Waals surface area contributed by atoms with Crippen molar-refractivity contribution < 1.29 is 9.84 Å². The van der Waals surface area contributed by atoms with Crippen LogP contribution in [0.2, 0.25) is 0 Å². The third kappa shape index (κ3) is 3.01. The Morgan fingerprint density at radius 3 is 2.54 bits per heavy atom. The molecule has 0 aliphatic carbocycles. The number of nitrogens with one attached hydrogen (secondary N) is 1. The molecule has 3 aromatic rings. The van der Waals surface area contributed by atoms with E-state index in [9.17, 15) is 5.11 Å². The van der Waals surface area contributed by atoms with Crippen LogP contribution in [0, 0.1) is 5.41 Å².